The van der Waals surface area contributed by atoms with Crippen LogP contribution in [-0.4, -0.2) is 23.1 Å². The Balaban J connectivity index is 0.00000121. The Hall–Kier alpha value is 0.136. The molecule has 0 aliphatic heterocycles. The Morgan fingerprint density at radius 3 is 2.08 bits per heavy atom. The van der Waals surface area contributed by atoms with Crippen molar-refractivity contribution in [2.75, 3.05) is 0 Å². The zero-order valence-electron chi connectivity index (χ0n) is 6.47. The predicted octanol–water partition coefficient (Wildman–Crippen LogP) is -0.281. The van der Waals surface area contributed by atoms with Crippen molar-refractivity contribution in [3.63, 3.8) is 0 Å². The van der Waals surface area contributed by atoms with E-state index in [1.165, 1.54) is 0 Å². The Labute approximate surface area is 87.1 Å². The van der Waals surface area contributed by atoms with E-state index in [0.29, 0.717) is 5.56 Å². The van der Waals surface area contributed by atoms with E-state index < -0.39 is 13.8 Å². The minimum absolute atomic E-state index is 0. The molecule has 0 radical (unpaired) electrons. The van der Waals surface area contributed by atoms with Crippen molar-refractivity contribution in [3.8, 4) is 0 Å². The summed E-state index contributed by atoms with van der Waals surface area (Å²) < 4.78 is 10.3. The van der Waals surface area contributed by atoms with Crippen LogP contribution in [0.25, 0.3) is 0 Å². The first kappa shape index (κ1) is 12.1. The summed E-state index contributed by atoms with van der Waals surface area (Å²) in [6.07, 6.45) is -0.395. The van der Waals surface area contributed by atoms with Crippen molar-refractivity contribution >= 4 is 30.6 Å². The molecule has 5 heteroatoms. The van der Waals surface area contributed by atoms with E-state index in [9.17, 15) is 14.4 Å². The molecule has 0 spiro atoms. The minimum Gasteiger partial charge on any atom is -0.810 e. The molecule has 0 aliphatic carbocycles. The van der Waals surface area contributed by atoms with Crippen molar-refractivity contribution < 1.29 is 14.4 Å². The molecule has 0 aromatic heterocycles. The smallest absolute Gasteiger partial charge is 0.810 e. The number of benzene rings is 1. The van der Waals surface area contributed by atoms with Crippen LogP contribution in [0.4, 0.5) is 0 Å². The first-order chi connectivity index (χ1) is 5.08. The fourth-order valence-electron chi connectivity index (χ4n) is 0.807. The molecule has 60 valence electrons. The van der Waals surface area contributed by atoms with Crippen LogP contribution in [0.2, 0.25) is 0 Å². The first-order valence-electron chi connectivity index (χ1n) is 3.13. The van der Waals surface area contributed by atoms with Gasteiger partial charge in [0.15, 0.2) is 0 Å². The third-order valence-electron chi connectivity index (χ3n) is 1.22. The van der Waals surface area contributed by atoms with Crippen LogP contribution in [0.1, 0.15) is 5.56 Å². The topological polar surface area (TPSA) is 63.2 Å². The van der Waals surface area contributed by atoms with Gasteiger partial charge >= 0.3 is 23.1 Å². The largest absolute Gasteiger partial charge is 2.00 e. The maximum atomic E-state index is 10.3. The Morgan fingerprint density at radius 2 is 1.67 bits per heavy atom. The Bertz CT molecular complexity index is 269. The average Bonchev–Trinajstić information content (AvgIpc) is 1.85. The summed E-state index contributed by atoms with van der Waals surface area (Å²) in [5.74, 6) is 0. The Morgan fingerprint density at radius 1 is 1.17 bits per heavy atom. The van der Waals surface area contributed by atoms with Crippen molar-refractivity contribution in [2.24, 2.45) is 0 Å². The Kier molecular flexibility index (Phi) is 5.05. The predicted molar refractivity (Wildman–Crippen MR) is 43.5 cm³/mol. The molecule has 0 saturated carbocycles. The molecule has 0 aliphatic rings. The van der Waals surface area contributed by atoms with E-state index in [4.69, 9.17) is 0 Å². The van der Waals surface area contributed by atoms with Crippen LogP contribution in [-0.2, 0) is 10.7 Å². The zero-order valence-corrected chi connectivity index (χ0v) is 8.78. The number of hydrogen-bond acceptors (Lipinski definition) is 3. The van der Waals surface area contributed by atoms with Crippen LogP contribution in [0.5, 0.6) is 0 Å². The normalized spacial score (nSPS) is 10.5. The molecule has 0 amide bonds. The van der Waals surface area contributed by atoms with Crippen LogP contribution >= 0.6 is 7.60 Å². The van der Waals surface area contributed by atoms with Crippen molar-refractivity contribution in [1.29, 1.82) is 0 Å². The number of hydrogen-bond donors (Lipinski definition) is 0. The summed E-state index contributed by atoms with van der Waals surface area (Å²) in [5.41, 5.74) is 0.542. The van der Waals surface area contributed by atoms with E-state index in [1.807, 2.05) is 0 Å². The van der Waals surface area contributed by atoms with E-state index in [-0.39, 0.29) is 23.1 Å². The fourth-order valence-corrected chi connectivity index (χ4v) is 1.47. The summed E-state index contributed by atoms with van der Waals surface area (Å²) >= 11 is 0. The molecular weight excluding hydrogens is 187 g/mol. The quantitative estimate of drug-likeness (QED) is 0.480. The van der Waals surface area contributed by atoms with Gasteiger partial charge in [-0.25, -0.2) is 0 Å². The molecule has 0 atom stereocenters. The maximum Gasteiger partial charge on any atom is 2.00 e. The summed E-state index contributed by atoms with van der Waals surface area (Å²) in [6.45, 7) is 0. The van der Waals surface area contributed by atoms with Gasteiger partial charge in [-0.1, -0.05) is 37.9 Å². The second kappa shape index (κ2) is 4.99. The SMILES string of the molecule is O=P([O-])([O-])Cc1ccccc1.[Mg+2]. The maximum absolute atomic E-state index is 10.3. The van der Waals surface area contributed by atoms with Crippen LogP contribution in [0, 0.1) is 0 Å². The summed E-state index contributed by atoms with van der Waals surface area (Å²) in [7, 11) is -4.39. The zero-order chi connectivity index (χ0) is 8.32. The standard InChI is InChI=1S/C7H9O3P.Mg/c8-11(9,10)6-7-4-2-1-3-5-7;/h1-5H,6H2,(H2,8,9,10);/q;+2/p-2. The van der Waals surface area contributed by atoms with Gasteiger partial charge in [0.25, 0.3) is 0 Å². The van der Waals surface area contributed by atoms with Gasteiger partial charge in [-0.2, -0.15) is 0 Å². The van der Waals surface area contributed by atoms with Gasteiger partial charge in [-0.3, -0.25) is 0 Å². The molecule has 1 rings (SSSR count). The van der Waals surface area contributed by atoms with E-state index in [1.54, 1.807) is 30.3 Å². The summed E-state index contributed by atoms with van der Waals surface area (Å²) in [4.78, 5) is 20.5. The van der Waals surface area contributed by atoms with Crippen molar-refractivity contribution in [3.05, 3.63) is 35.9 Å². The third kappa shape index (κ3) is 4.90. The van der Waals surface area contributed by atoms with Crippen LogP contribution < -0.4 is 9.79 Å². The monoisotopic (exact) mass is 194 g/mol. The van der Waals surface area contributed by atoms with E-state index in [0.717, 1.165) is 0 Å². The molecule has 0 heterocycles. The van der Waals surface area contributed by atoms with Gasteiger partial charge < -0.3 is 14.4 Å². The molecular formula is C7H7MgO3P. The summed E-state index contributed by atoms with van der Waals surface area (Å²) in [6, 6.07) is 8.39. The van der Waals surface area contributed by atoms with Crippen molar-refractivity contribution in [1.82, 2.24) is 0 Å². The van der Waals surface area contributed by atoms with Gasteiger partial charge in [0, 0.05) is 6.16 Å². The van der Waals surface area contributed by atoms with E-state index in [2.05, 4.69) is 0 Å². The van der Waals surface area contributed by atoms with Crippen LogP contribution in [0.3, 0.4) is 0 Å². The first-order valence-corrected chi connectivity index (χ1v) is 4.86. The van der Waals surface area contributed by atoms with Gasteiger partial charge in [-0.15, -0.1) is 0 Å². The average molecular weight is 194 g/mol. The number of rotatable bonds is 2. The second-order valence-electron chi connectivity index (χ2n) is 2.25. The molecule has 0 saturated heterocycles. The molecule has 0 fully saturated rings. The van der Waals surface area contributed by atoms with E-state index >= 15 is 0 Å². The van der Waals surface area contributed by atoms with Gasteiger partial charge in [0.1, 0.15) is 0 Å². The molecule has 1 aromatic carbocycles. The molecule has 0 N–H and O–H groups in total. The third-order valence-corrected chi connectivity index (χ3v) is 1.97. The molecule has 0 bridgehead atoms. The molecule has 1 aromatic rings. The molecule has 0 unspecified atom stereocenters. The molecule has 12 heavy (non-hydrogen) atoms. The van der Waals surface area contributed by atoms with Crippen LogP contribution in [0.15, 0.2) is 30.3 Å². The summed E-state index contributed by atoms with van der Waals surface area (Å²) in [5, 5.41) is 0. The van der Waals surface area contributed by atoms with Gasteiger partial charge in [0.2, 0.25) is 0 Å². The molecule has 3 nitrogen and oxygen atoms in total. The van der Waals surface area contributed by atoms with Gasteiger partial charge in [0.05, 0.1) is 0 Å². The minimum atomic E-state index is -4.39. The fraction of sp³-hybridized carbons (Fsp3) is 0.143. The van der Waals surface area contributed by atoms with Gasteiger partial charge in [-0.05, 0) is 5.56 Å². The second-order valence-corrected chi connectivity index (χ2v) is 3.79. The van der Waals surface area contributed by atoms with Crippen molar-refractivity contribution in [2.45, 2.75) is 6.16 Å².